The van der Waals surface area contributed by atoms with E-state index < -0.39 is 6.04 Å². The van der Waals surface area contributed by atoms with Crippen LogP contribution < -0.4 is 5.73 Å². The highest BCUT2D eigenvalue weighted by atomic mass is 16.5. The maximum absolute atomic E-state index is 12.3. The second-order valence-corrected chi connectivity index (χ2v) is 5.46. The normalized spacial score (nSPS) is 16.5. The van der Waals surface area contributed by atoms with Crippen molar-refractivity contribution in [3.8, 4) is 0 Å². The Labute approximate surface area is 126 Å². The molecule has 0 bridgehead atoms. The summed E-state index contributed by atoms with van der Waals surface area (Å²) in [6.07, 6.45) is 4.49. The van der Waals surface area contributed by atoms with E-state index in [2.05, 4.69) is 18.2 Å². The Bertz CT molecular complexity index is 485. The van der Waals surface area contributed by atoms with Gasteiger partial charge in [0.2, 0.25) is 5.91 Å². The highest BCUT2D eigenvalue weighted by Crippen LogP contribution is 2.13. The molecule has 4 nitrogen and oxygen atoms in total. The van der Waals surface area contributed by atoms with E-state index in [1.165, 1.54) is 11.1 Å². The van der Waals surface area contributed by atoms with Gasteiger partial charge in [0.15, 0.2) is 0 Å². The average Bonchev–Trinajstić information content (AvgIpc) is 2.54. The summed E-state index contributed by atoms with van der Waals surface area (Å²) in [6, 6.07) is 9.73. The van der Waals surface area contributed by atoms with Crippen molar-refractivity contribution in [2.24, 2.45) is 5.73 Å². The van der Waals surface area contributed by atoms with E-state index in [0.29, 0.717) is 19.6 Å². The maximum Gasteiger partial charge on any atom is 0.239 e. The fraction of sp³-hybridized carbons (Fsp3) is 0.471. The molecule has 0 radical (unpaired) electrons. The lowest BCUT2D eigenvalue weighted by molar-refractivity contribution is -0.132. The van der Waals surface area contributed by atoms with Crippen molar-refractivity contribution in [2.75, 3.05) is 26.8 Å². The first-order chi connectivity index (χ1) is 10.2. The third-order valence-electron chi connectivity index (χ3n) is 3.85. The van der Waals surface area contributed by atoms with Crippen molar-refractivity contribution in [1.82, 2.24) is 4.90 Å². The zero-order valence-corrected chi connectivity index (χ0v) is 12.6. The molecule has 0 saturated heterocycles. The van der Waals surface area contributed by atoms with Gasteiger partial charge in [0.05, 0.1) is 12.6 Å². The van der Waals surface area contributed by atoms with Gasteiger partial charge in [-0.25, -0.2) is 0 Å². The third kappa shape index (κ3) is 4.69. The summed E-state index contributed by atoms with van der Waals surface area (Å²) in [4.78, 5) is 14.2. The minimum Gasteiger partial charge on any atom is -0.380 e. The van der Waals surface area contributed by atoms with E-state index >= 15 is 0 Å². The van der Waals surface area contributed by atoms with Crippen LogP contribution in [0.2, 0.25) is 0 Å². The zero-order chi connectivity index (χ0) is 15.1. The lowest BCUT2D eigenvalue weighted by Crippen LogP contribution is -2.45. The van der Waals surface area contributed by atoms with E-state index in [9.17, 15) is 4.79 Å². The molecule has 1 aliphatic rings. The van der Waals surface area contributed by atoms with Crippen LogP contribution in [0.4, 0.5) is 0 Å². The predicted molar refractivity (Wildman–Crippen MR) is 83.9 cm³/mol. The molecule has 0 fully saturated rings. The molecule has 0 aliphatic carbocycles. The van der Waals surface area contributed by atoms with Crippen molar-refractivity contribution >= 4 is 5.91 Å². The smallest absolute Gasteiger partial charge is 0.239 e. The molecule has 2 rings (SSSR count). The summed E-state index contributed by atoms with van der Waals surface area (Å²) in [7, 11) is 1.69. The molecule has 1 atom stereocenters. The summed E-state index contributed by atoms with van der Waals surface area (Å²) < 4.78 is 5.12. The molecule has 114 valence electrons. The molecule has 0 spiro atoms. The van der Waals surface area contributed by atoms with Gasteiger partial charge in [-0.1, -0.05) is 36.4 Å². The van der Waals surface area contributed by atoms with E-state index in [0.717, 1.165) is 19.4 Å². The number of aryl methyl sites for hydroxylation is 1. The zero-order valence-electron chi connectivity index (χ0n) is 12.6. The number of methoxy groups -OCH3 is 1. The molecule has 1 aromatic rings. The van der Waals surface area contributed by atoms with Crippen LogP contribution in [0.5, 0.6) is 0 Å². The summed E-state index contributed by atoms with van der Waals surface area (Å²) in [5, 5.41) is 0. The first kappa shape index (κ1) is 15.7. The van der Waals surface area contributed by atoms with Crippen LogP contribution in [0.25, 0.3) is 0 Å². The molecule has 1 aromatic carbocycles. The van der Waals surface area contributed by atoms with Crippen molar-refractivity contribution in [3.63, 3.8) is 0 Å². The third-order valence-corrected chi connectivity index (χ3v) is 3.85. The Kier molecular flexibility index (Phi) is 5.96. The van der Waals surface area contributed by atoms with Crippen LogP contribution in [0.15, 0.2) is 42.0 Å². The topological polar surface area (TPSA) is 55.6 Å². The fourth-order valence-electron chi connectivity index (χ4n) is 2.55. The Morgan fingerprint density at radius 2 is 2.14 bits per heavy atom. The largest absolute Gasteiger partial charge is 0.380 e. The number of ether oxygens (including phenoxy) is 1. The quantitative estimate of drug-likeness (QED) is 0.811. The summed E-state index contributed by atoms with van der Waals surface area (Å²) in [5.41, 5.74) is 8.54. The van der Waals surface area contributed by atoms with Crippen LogP contribution in [0, 0.1) is 0 Å². The molecule has 4 heteroatoms. The van der Waals surface area contributed by atoms with E-state index in [1.54, 1.807) is 7.11 Å². The van der Waals surface area contributed by atoms with Gasteiger partial charge in [0.25, 0.3) is 0 Å². The van der Waals surface area contributed by atoms with Gasteiger partial charge < -0.3 is 15.4 Å². The number of carbonyl (C=O) groups excluding carboxylic acids is 1. The minimum atomic E-state index is -0.414. The Hall–Kier alpha value is -1.65. The maximum atomic E-state index is 12.3. The molecular weight excluding hydrogens is 264 g/mol. The van der Waals surface area contributed by atoms with Crippen molar-refractivity contribution < 1.29 is 9.53 Å². The molecule has 0 aromatic heterocycles. The van der Waals surface area contributed by atoms with Gasteiger partial charge in [0.1, 0.15) is 0 Å². The Balaban J connectivity index is 1.80. The van der Waals surface area contributed by atoms with Crippen LogP contribution in [0.1, 0.15) is 18.4 Å². The molecule has 1 aliphatic heterocycles. The van der Waals surface area contributed by atoms with Crippen LogP contribution >= 0.6 is 0 Å². The highest BCUT2D eigenvalue weighted by Gasteiger charge is 2.22. The Morgan fingerprint density at radius 3 is 2.76 bits per heavy atom. The summed E-state index contributed by atoms with van der Waals surface area (Å²) in [5.74, 6) is 0.0543. The monoisotopic (exact) mass is 288 g/mol. The average molecular weight is 288 g/mol. The summed E-state index contributed by atoms with van der Waals surface area (Å²) >= 11 is 0. The number of benzene rings is 1. The minimum absolute atomic E-state index is 0.0543. The lowest BCUT2D eigenvalue weighted by Gasteiger charge is -2.28. The predicted octanol–water partition coefficient (Wildman–Crippen LogP) is 1.75. The van der Waals surface area contributed by atoms with Crippen molar-refractivity contribution in [2.45, 2.75) is 25.3 Å². The molecule has 1 unspecified atom stereocenters. The van der Waals surface area contributed by atoms with Gasteiger partial charge in [0, 0.05) is 20.2 Å². The fourth-order valence-corrected chi connectivity index (χ4v) is 2.55. The van der Waals surface area contributed by atoms with E-state index in [1.807, 2.05) is 23.1 Å². The van der Waals surface area contributed by atoms with Gasteiger partial charge in [-0.3, -0.25) is 4.79 Å². The molecule has 1 amide bonds. The second kappa shape index (κ2) is 7.96. The number of rotatable bonds is 6. The van der Waals surface area contributed by atoms with Gasteiger partial charge in [-0.05, 0) is 30.4 Å². The number of carbonyl (C=O) groups is 1. The number of nitrogens with two attached hydrogens (primary N) is 1. The first-order valence-electron chi connectivity index (χ1n) is 7.46. The van der Waals surface area contributed by atoms with Gasteiger partial charge in [-0.2, -0.15) is 0 Å². The highest BCUT2D eigenvalue weighted by molar-refractivity contribution is 5.82. The Morgan fingerprint density at radius 1 is 1.38 bits per heavy atom. The SMILES string of the molecule is COCC1=CCN(C(=O)C(N)CCc2ccccc2)CC1. The van der Waals surface area contributed by atoms with Crippen LogP contribution in [0.3, 0.4) is 0 Å². The number of hydrogen-bond donors (Lipinski definition) is 1. The molecule has 1 heterocycles. The van der Waals surface area contributed by atoms with Crippen LogP contribution in [-0.4, -0.2) is 43.7 Å². The van der Waals surface area contributed by atoms with E-state index in [4.69, 9.17) is 10.5 Å². The van der Waals surface area contributed by atoms with Crippen LogP contribution in [-0.2, 0) is 16.0 Å². The van der Waals surface area contributed by atoms with Crippen molar-refractivity contribution in [3.05, 3.63) is 47.5 Å². The van der Waals surface area contributed by atoms with Gasteiger partial charge >= 0.3 is 0 Å². The lowest BCUT2D eigenvalue weighted by atomic mass is 10.0. The molecular formula is C17H24N2O2. The number of nitrogens with zero attached hydrogens (tertiary/aromatic N) is 1. The molecule has 21 heavy (non-hydrogen) atoms. The van der Waals surface area contributed by atoms with Crippen molar-refractivity contribution in [1.29, 1.82) is 0 Å². The molecule has 2 N–H and O–H groups in total. The molecule has 0 saturated carbocycles. The van der Waals surface area contributed by atoms with Gasteiger partial charge in [-0.15, -0.1) is 0 Å². The second-order valence-electron chi connectivity index (χ2n) is 5.46. The first-order valence-corrected chi connectivity index (χ1v) is 7.46. The standard InChI is InChI=1S/C17H24N2O2/c1-21-13-15-9-11-19(12-10-15)17(20)16(18)8-7-14-5-3-2-4-6-14/h2-6,9,16H,7-8,10-13,18H2,1H3. The number of amides is 1. The summed E-state index contributed by atoms with van der Waals surface area (Å²) in [6.45, 7) is 2.05. The van der Waals surface area contributed by atoms with E-state index in [-0.39, 0.29) is 5.91 Å². The number of hydrogen-bond acceptors (Lipinski definition) is 3.